The summed E-state index contributed by atoms with van der Waals surface area (Å²) in [6.45, 7) is 2.97. The third-order valence-corrected chi connectivity index (χ3v) is 3.27. The minimum atomic E-state index is -4.77. The highest BCUT2D eigenvalue weighted by Crippen LogP contribution is 2.31. The van der Waals surface area contributed by atoms with Crippen molar-refractivity contribution in [2.45, 2.75) is 26.6 Å². The predicted molar refractivity (Wildman–Crippen MR) is 66.9 cm³/mol. The molecule has 0 unspecified atom stereocenters. The third-order valence-electron chi connectivity index (χ3n) is 2.45. The summed E-state index contributed by atoms with van der Waals surface area (Å²) in [4.78, 5) is 15.6. The molecule has 2 aromatic heterocycles. The molecule has 0 aliphatic heterocycles. The zero-order valence-corrected chi connectivity index (χ0v) is 12.0. The van der Waals surface area contributed by atoms with E-state index >= 15 is 0 Å². The van der Waals surface area contributed by atoms with Crippen LogP contribution in [0.3, 0.4) is 0 Å². The standard InChI is InChI=1S/C11H11F3N4O2S/c1-3-20-10(19)8-9(11(12,13)14)18(17-16-8)4-7-5-21-6(2)15-7/h5H,3-4H2,1-2H3. The fourth-order valence-electron chi connectivity index (χ4n) is 1.68. The summed E-state index contributed by atoms with van der Waals surface area (Å²) in [6, 6.07) is 0. The molecule has 114 valence electrons. The highest BCUT2D eigenvalue weighted by molar-refractivity contribution is 7.09. The van der Waals surface area contributed by atoms with Gasteiger partial charge in [-0.15, -0.1) is 16.4 Å². The molecule has 21 heavy (non-hydrogen) atoms. The van der Waals surface area contributed by atoms with Crippen LogP contribution in [-0.2, 0) is 17.5 Å². The number of carbonyl (C=O) groups excluding carboxylic acids is 1. The first-order chi connectivity index (χ1) is 9.82. The zero-order chi connectivity index (χ0) is 15.6. The molecule has 0 radical (unpaired) electrons. The van der Waals surface area contributed by atoms with Gasteiger partial charge in [0, 0.05) is 5.38 Å². The van der Waals surface area contributed by atoms with E-state index in [0.717, 1.165) is 5.01 Å². The van der Waals surface area contributed by atoms with E-state index in [1.165, 1.54) is 18.3 Å². The molecular weight excluding hydrogens is 309 g/mol. The van der Waals surface area contributed by atoms with Crippen molar-refractivity contribution in [3.05, 3.63) is 27.5 Å². The summed E-state index contributed by atoms with van der Waals surface area (Å²) in [5.74, 6) is -1.15. The van der Waals surface area contributed by atoms with Crippen LogP contribution >= 0.6 is 11.3 Å². The first-order valence-corrected chi connectivity index (χ1v) is 6.79. The number of ether oxygens (including phenoxy) is 1. The van der Waals surface area contributed by atoms with Crippen LogP contribution in [0.2, 0.25) is 0 Å². The quantitative estimate of drug-likeness (QED) is 0.808. The monoisotopic (exact) mass is 320 g/mol. The number of hydrogen-bond acceptors (Lipinski definition) is 6. The van der Waals surface area contributed by atoms with Gasteiger partial charge >= 0.3 is 12.1 Å². The Morgan fingerprint density at radius 1 is 1.48 bits per heavy atom. The largest absolute Gasteiger partial charge is 0.461 e. The number of rotatable bonds is 4. The number of thiazole rings is 1. The van der Waals surface area contributed by atoms with Gasteiger partial charge in [-0.3, -0.25) is 0 Å². The van der Waals surface area contributed by atoms with Crippen molar-refractivity contribution in [1.29, 1.82) is 0 Å². The van der Waals surface area contributed by atoms with E-state index in [2.05, 4.69) is 20.0 Å². The number of hydrogen-bond donors (Lipinski definition) is 0. The average Bonchev–Trinajstić information content (AvgIpc) is 2.96. The van der Waals surface area contributed by atoms with E-state index in [0.29, 0.717) is 10.4 Å². The molecule has 6 nitrogen and oxygen atoms in total. The van der Waals surface area contributed by atoms with Crippen LogP contribution in [0.1, 0.15) is 33.8 Å². The number of carbonyl (C=O) groups is 1. The fraction of sp³-hybridized carbons (Fsp3) is 0.455. The Morgan fingerprint density at radius 3 is 2.71 bits per heavy atom. The van der Waals surface area contributed by atoms with Crippen molar-refractivity contribution in [3.63, 3.8) is 0 Å². The van der Waals surface area contributed by atoms with Crippen molar-refractivity contribution in [3.8, 4) is 0 Å². The minimum absolute atomic E-state index is 0.0473. The van der Waals surface area contributed by atoms with Gasteiger partial charge in [-0.05, 0) is 13.8 Å². The van der Waals surface area contributed by atoms with E-state index < -0.39 is 23.5 Å². The molecule has 0 aromatic carbocycles. The Labute approximate surface area is 121 Å². The molecule has 0 spiro atoms. The Morgan fingerprint density at radius 2 is 2.19 bits per heavy atom. The summed E-state index contributed by atoms with van der Waals surface area (Å²) in [5.41, 5.74) is -1.65. The molecule has 0 amide bonds. The lowest BCUT2D eigenvalue weighted by atomic mass is 10.3. The van der Waals surface area contributed by atoms with E-state index in [1.807, 2.05) is 0 Å². The van der Waals surface area contributed by atoms with Crippen LogP contribution in [0.25, 0.3) is 0 Å². The number of esters is 1. The van der Waals surface area contributed by atoms with Crippen LogP contribution in [0.4, 0.5) is 13.2 Å². The number of nitrogens with zero attached hydrogens (tertiary/aromatic N) is 4. The number of aryl methyl sites for hydroxylation is 1. The highest BCUT2D eigenvalue weighted by Gasteiger charge is 2.42. The van der Waals surface area contributed by atoms with E-state index in [-0.39, 0.29) is 13.2 Å². The maximum absolute atomic E-state index is 13.1. The molecule has 2 heterocycles. The molecule has 0 bridgehead atoms. The van der Waals surface area contributed by atoms with E-state index in [4.69, 9.17) is 0 Å². The van der Waals surface area contributed by atoms with Crippen LogP contribution in [-0.4, -0.2) is 32.6 Å². The third kappa shape index (κ3) is 3.38. The Kier molecular flexibility index (Phi) is 4.26. The van der Waals surface area contributed by atoms with Crippen LogP contribution in [0.5, 0.6) is 0 Å². The Balaban J connectivity index is 2.39. The second kappa shape index (κ2) is 5.80. The van der Waals surface area contributed by atoms with Gasteiger partial charge in [0.1, 0.15) is 0 Å². The van der Waals surface area contributed by atoms with Gasteiger partial charge in [0.15, 0.2) is 5.69 Å². The van der Waals surface area contributed by atoms with Gasteiger partial charge in [0.2, 0.25) is 5.69 Å². The van der Waals surface area contributed by atoms with E-state index in [1.54, 1.807) is 12.3 Å². The lowest BCUT2D eigenvalue weighted by Gasteiger charge is -2.09. The molecule has 0 saturated carbocycles. The molecule has 0 atom stereocenters. The smallest absolute Gasteiger partial charge is 0.435 e. The molecule has 2 aromatic rings. The van der Waals surface area contributed by atoms with Crippen molar-refractivity contribution >= 4 is 17.3 Å². The number of aromatic nitrogens is 4. The summed E-state index contributed by atoms with van der Waals surface area (Å²) >= 11 is 1.31. The molecule has 2 rings (SSSR count). The molecule has 0 N–H and O–H groups in total. The number of halogens is 3. The van der Waals surface area contributed by atoms with Crippen molar-refractivity contribution < 1.29 is 22.7 Å². The van der Waals surface area contributed by atoms with Gasteiger partial charge < -0.3 is 4.74 Å². The zero-order valence-electron chi connectivity index (χ0n) is 11.1. The van der Waals surface area contributed by atoms with Crippen molar-refractivity contribution in [2.75, 3.05) is 6.61 Å². The van der Waals surface area contributed by atoms with Crippen molar-refractivity contribution in [2.24, 2.45) is 0 Å². The van der Waals surface area contributed by atoms with E-state index in [9.17, 15) is 18.0 Å². The van der Waals surface area contributed by atoms with Crippen LogP contribution in [0, 0.1) is 6.92 Å². The van der Waals surface area contributed by atoms with Gasteiger partial charge in [-0.25, -0.2) is 14.5 Å². The number of alkyl halides is 3. The van der Waals surface area contributed by atoms with Gasteiger partial charge in [-0.1, -0.05) is 5.21 Å². The molecule has 0 aliphatic rings. The molecule has 0 fully saturated rings. The average molecular weight is 320 g/mol. The Bertz CT molecular complexity index is 650. The van der Waals surface area contributed by atoms with Crippen LogP contribution in [0.15, 0.2) is 5.38 Å². The normalized spacial score (nSPS) is 11.7. The fourth-order valence-corrected chi connectivity index (χ4v) is 2.28. The topological polar surface area (TPSA) is 69.9 Å². The summed E-state index contributed by atoms with van der Waals surface area (Å²) in [6.07, 6.45) is -4.77. The minimum Gasteiger partial charge on any atom is -0.461 e. The predicted octanol–water partition coefficient (Wildman–Crippen LogP) is 2.29. The van der Waals surface area contributed by atoms with Gasteiger partial charge in [0.25, 0.3) is 0 Å². The summed E-state index contributed by atoms with van der Waals surface area (Å²) in [7, 11) is 0. The van der Waals surface area contributed by atoms with Gasteiger partial charge in [-0.2, -0.15) is 13.2 Å². The SMILES string of the molecule is CCOC(=O)c1nnn(Cc2csc(C)n2)c1C(F)(F)F. The lowest BCUT2D eigenvalue weighted by Crippen LogP contribution is -2.20. The highest BCUT2D eigenvalue weighted by atomic mass is 32.1. The summed E-state index contributed by atoms with van der Waals surface area (Å²) < 4.78 is 44.5. The first kappa shape index (κ1) is 15.4. The van der Waals surface area contributed by atoms with Crippen molar-refractivity contribution in [1.82, 2.24) is 20.0 Å². The molecule has 10 heteroatoms. The maximum Gasteiger partial charge on any atom is 0.435 e. The molecule has 0 saturated heterocycles. The summed E-state index contributed by atoms with van der Waals surface area (Å²) in [5, 5.41) is 9.05. The lowest BCUT2D eigenvalue weighted by molar-refractivity contribution is -0.144. The molecule has 0 aliphatic carbocycles. The van der Waals surface area contributed by atoms with Crippen LogP contribution < -0.4 is 0 Å². The molecular formula is C11H11F3N4O2S. The Hall–Kier alpha value is -1.97. The first-order valence-electron chi connectivity index (χ1n) is 5.91. The maximum atomic E-state index is 13.1. The second-order valence-corrected chi connectivity index (χ2v) is 5.08. The van der Waals surface area contributed by atoms with Gasteiger partial charge in [0.05, 0.1) is 23.9 Å². The second-order valence-electron chi connectivity index (χ2n) is 4.02.